The zero-order valence-electron chi connectivity index (χ0n) is 13.8. The lowest BCUT2D eigenvalue weighted by molar-refractivity contribution is -0.144. The van der Waals surface area contributed by atoms with Crippen LogP contribution in [-0.2, 0) is 17.8 Å². The van der Waals surface area contributed by atoms with Crippen molar-refractivity contribution in [2.45, 2.75) is 25.9 Å². The highest BCUT2D eigenvalue weighted by atomic mass is 32.1. The Bertz CT molecular complexity index is 917. The fourth-order valence-corrected chi connectivity index (χ4v) is 4.32. The van der Waals surface area contributed by atoms with Gasteiger partial charge in [0.25, 0.3) is 0 Å². The zero-order valence-corrected chi connectivity index (χ0v) is 14.6. The molecule has 3 heterocycles. The summed E-state index contributed by atoms with van der Waals surface area (Å²) in [6, 6.07) is 7.45. The lowest BCUT2D eigenvalue weighted by Gasteiger charge is -2.31. The van der Waals surface area contributed by atoms with E-state index >= 15 is 0 Å². The highest BCUT2D eigenvalue weighted by Crippen LogP contribution is 2.32. The SMILES string of the molecule is Cc1ccccc1-c1ncc(CN2CCc3[nH]cnc3[C@H]2C(=O)O)s1. The number of hydrogen-bond donors (Lipinski definition) is 2. The Morgan fingerprint density at radius 3 is 3.04 bits per heavy atom. The van der Waals surface area contributed by atoms with E-state index in [0.29, 0.717) is 18.8 Å². The van der Waals surface area contributed by atoms with Crippen LogP contribution < -0.4 is 0 Å². The minimum absolute atomic E-state index is 0.562. The zero-order chi connectivity index (χ0) is 17.4. The number of benzene rings is 1. The molecule has 4 rings (SSSR count). The van der Waals surface area contributed by atoms with Crippen molar-refractivity contribution in [3.05, 3.63) is 58.6 Å². The summed E-state index contributed by atoms with van der Waals surface area (Å²) in [5, 5.41) is 10.6. The molecule has 2 aromatic heterocycles. The summed E-state index contributed by atoms with van der Waals surface area (Å²) in [5.41, 5.74) is 3.86. The molecule has 0 saturated heterocycles. The van der Waals surface area contributed by atoms with Gasteiger partial charge in [0.2, 0.25) is 0 Å². The first-order valence-corrected chi connectivity index (χ1v) is 8.95. The Morgan fingerprint density at radius 1 is 1.40 bits per heavy atom. The summed E-state index contributed by atoms with van der Waals surface area (Å²) in [6.45, 7) is 3.32. The predicted molar refractivity (Wildman–Crippen MR) is 95.4 cm³/mol. The minimum Gasteiger partial charge on any atom is -0.480 e. The Kier molecular flexibility index (Phi) is 4.10. The summed E-state index contributed by atoms with van der Waals surface area (Å²) in [4.78, 5) is 26.6. The first-order valence-electron chi connectivity index (χ1n) is 8.13. The molecule has 1 atom stereocenters. The van der Waals surface area contributed by atoms with Crippen molar-refractivity contribution in [3.63, 3.8) is 0 Å². The number of carboxylic acid groups (broad SMARTS) is 1. The van der Waals surface area contributed by atoms with E-state index in [-0.39, 0.29) is 0 Å². The van der Waals surface area contributed by atoms with Gasteiger partial charge >= 0.3 is 5.97 Å². The molecule has 0 fully saturated rings. The Morgan fingerprint density at radius 2 is 2.24 bits per heavy atom. The van der Waals surface area contributed by atoms with Gasteiger partial charge < -0.3 is 10.1 Å². The van der Waals surface area contributed by atoms with E-state index in [1.54, 1.807) is 17.7 Å². The van der Waals surface area contributed by atoms with Gasteiger partial charge in [0, 0.05) is 41.8 Å². The van der Waals surface area contributed by atoms with E-state index in [1.165, 1.54) is 5.56 Å². The molecular weight excluding hydrogens is 336 g/mol. The van der Waals surface area contributed by atoms with Gasteiger partial charge in [-0.25, -0.2) is 9.97 Å². The number of thiazole rings is 1. The Labute approximate surface area is 149 Å². The second-order valence-corrected chi connectivity index (χ2v) is 7.29. The van der Waals surface area contributed by atoms with Crippen molar-refractivity contribution in [2.24, 2.45) is 0 Å². The van der Waals surface area contributed by atoms with Crippen molar-refractivity contribution >= 4 is 17.3 Å². The van der Waals surface area contributed by atoms with Gasteiger partial charge in [0.05, 0.1) is 12.0 Å². The van der Waals surface area contributed by atoms with Crippen LogP contribution in [0.3, 0.4) is 0 Å². The van der Waals surface area contributed by atoms with Crippen LogP contribution in [0, 0.1) is 6.92 Å². The molecule has 1 aliphatic rings. The smallest absolute Gasteiger partial charge is 0.327 e. The lowest BCUT2D eigenvalue weighted by Crippen LogP contribution is -2.39. The summed E-state index contributed by atoms with van der Waals surface area (Å²) in [5.74, 6) is -0.864. The third-order valence-corrected chi connectivity index (χ3v) is 5.56. The Hall–Kier alpha value is -2.51. The number of aromatic nitrogens is 3. The monoisotopic (exact) mass is 354 g/mol. The quantitative estimate of drug-likeness (QED) is 0.753. The average molecular weight is 354 g/mol. The van der Waals surface area contributed by atoms with Crippen molar-refractivity contribution in [1.29, 1.82) is 0 Å². The van der Waals surface area contributed by atoms with Crippen LogP contribution in [0.5, 0.6) is 0 Å². The standard InChI is InChI=1S/C18H18N4O2S/c1-11-4-2-3-5-13(11)17-19-8-12(25-17)9-22-7-6-14-15(21-10-20-14)16(22)18(23)24/h2-5,8,10,16H,6-7,9H2,1H3,(H,20,21)(H,23,24)/t16-/m0/s1. The number of hydrogen-bond acceptors (Lipinski definition) is 5. The summed E-state index contributed by atoms with van der Waals surface area (Å²) in [7, 11) is 0. The summed E-state index contributed by atoms with van der Waals surface area (Å²) >= 11 is 1.62. The van der Waals surface area contributed by atoms with Crippen LogP contribution >= 0.6 is 11.3 Å². The summed E-state index contributed by atoms with van der Waals surface area (Å²) in [6.07, 6.45) is 4.21. The number of aromatic amines is 1. The van der Waals surface area contributed by atoms with Gasteiger partial charge in [-0.1, -0.05) is 24.3 Å². The molecule has 0 amide bonds. The van der Waals surface area contributed by atoms with E-state index in [4.69, 9.17) is 0 Å². The number of nitrogens with zero attached hydrogens (tertiary/aromatic N) is 3. The molecule has 0 aliphatic carbocycles. The number of rotatable bonds is 4. The van der Waals surface area contributed by atoms with Crippen LogP contribution in [0.15, 0.2) is 36.8 Å². The van der Waals surface area contributed by atoms with Gasteiger partial charge in [0.15, 0.2) is 6.04 Å². The number of carboxylic acids is 1. The van der Waals surface area contributed by atoms with Gasteiger partial charge in [0.1, 0.15) is 5.01 Å². The topological polar surface area (TPSA) is 82.1 Å². The maximum Gasteiger partial charge on any atom is 0.327 e. The average Bonchev–Trinajstić information content (AvgIpc) is 3.24. The third-order valence-electron chi connectivity index (χ3n) is 4.55. The first kappa shape index (κ1) is 16.0. The van der Waals surface area contributed by atoms with Crippen LogP contribution in [0.2, 0.25) is 0 Å². The van der Waals surface area contributed by atoms with Crippen molar-refractivity contribution in [3.8, 4) is 10.6 Å². The van der Waals surface area contributed by atoms with Crippen molar-refractivity contribution in [1.82, 2.24) is 19.9 Å². The Balaban J connectivity index is 1.59. The number of fused-ring (bicyclic) bond motifs is 1. The van der Waals surface area contributed by atoms with Crippen LogP contribution in [-0.4, -0.2) is 37.5 Å². The number of aryl methyl sites for hydroxylation is 1. The molecule has 25 heavy (non-hydrogen) atoms. The summed E-state index contributed by atoms with van der Waals surface area (Å²) < 4.78 is 0. The highest BCUT2D eigenvalue weighted by molar-refractivity contribution is 7.15. The fourth-order valence-electron chi connectivity index (χ4n) is 3.29. The maximum atomic E-state index is 11.8. The molecule has 3 aromatic rings. The van der Waals surface area contributed by atoms with Crippen molar-refractivity contribution < 1.29 is 9.90 Å². The lowest BCUT2D eigenvalue weighted by atomic mass is 10.0. The molecule has 0 saturated carbocycles. The van der Waals surface area contributed by atoms with E-state index in [0.717, 1.165) is 27.6 Å². The molecule has 0 unspecified atom stereocenters. The molecule has 7 heteroatoms. The second-order valence-electron chi connectivity index (χ2n) is 6.17. The largest absolute Gasteiger partial charge is 0.480 e. The first-order chi connectivity index (χ1) is 12.1. The molecular formula is C18H18N4O2S. The normalized spacial score (nSPS) is 17.4. The fraction of sp³-hybridized carbons (Fsp3) is 0.278. The highest BCUT2D eigenvalue weighted by Gasteiger charge is 2.35. The number of H-pyrrole nitrogens is 1. The third kappa shape index (κ3) is 2.96. The number of imidazole rings is 1. The molecule has 6 nitrogen and oxygen atoms in total. The number of nitrogens with one attached hydrogen (secondary N) is 1. The maximum absolute atomic E-state index is 11.8. The molecule has 1 aromatic carbocycles. The van der Waals surface area contributed by atoms with E-state index in [9.17, 15) is 9.90 Å². The molecule has 128 valence electrons. The molecule has 0 radical (unpaired) electrons. The van der Waals surface area contributed by atoms with Gasteiger partial charge in [-0.15, -0.1) is 11.3 Å². The predicted octanol–water partition coefficient (Wildman–Crippen LogP) is 3.03. The van der Waals surface area contributed by atoms with Gasteiger partial charge in [-0.3, -0.25) is 9.69 Å². The van der Waals surface area contributed by atoms with Gasteiger partial charge in [-0.2, -0.15) is 0 Å². The van der Waals surface area contributed by atoms with Crippen LogP contribution in [0.25, 0.3) is 10.6 Å². The van der Waals surface area contributed by atoms with E-state index in [2.05, 4.69) is 34.0 Å². The second kappa shape index (κ2) is 6.42. The number of aliphatic carboxylic acids is 1. The van der Waals surface area contributed by atoms with Crippen LogP contribution in [0.4, 0.5) is 0 Å². The van der Waals surface area contributed by atoms with E-state index < -0.39 is 12.0 Å². The van der Waals surface area contributed by atoms with E-state index in [1.807, 2.05) is 23.2 Å². The molecule has 1 aliphatic heterocycles. The molecule has 2 N–H and O–H groups in total. The molecule has 0 spiro atoms. The van der Waals surface area contributed by atoms with Crippen molar-refractivity contribution in [2.75, 3.05) is 6.54 Å². The van der Waals surface area contributed by atoms with Crippen LogP contribution in [0.1, 0.15) is 27.9 Å². The molecule has 0 bridgehead atoms. The van der Waals surface area contributed by atoms with Gasteiger partial charge in [-0.05, 0) is 12.5 Å². The minimum atomic E-state index is -0.864. The number of carbonyl (C=O) groups is 1.